The summed E-state index contributed by atoms with van der Waals surface area (Å²) in [6.07, 6.45) is 1.87. The average Bonchev–Trinajstić information content (AvgIpc) is 2.37. The highest BCUT2D eigenvalue weighted by Crippen LogP contribution is 2.22. The van der Waals surface area contributed by atoms with Crippen molar-refractivity contribution in [2.45, 2.75) is 26.8 Å². The van der Waals surface area contributed by atoms with Gasteiger partial charge in [0.1, 0.15) is 0 Å². The van der Waals surface area contributed by atoms with Crippen LogP contribution < -0.4 is 11.3 Å². The molecule has 0 bridgehead atoms. The predicted molar refractivity (Wildman–Crippen MR) is 52.8 cm³/mol. The SMILES string of the molecule is Cc1c(C(NN)C(C)C)cnn1C. The summed E-state index contributed by atoms with van der Waals surface area (Å²) in [7, 11) is 1.94. The highest BCUT2D eigenvalue weighted by Gasteiger charge is 2.18. The molecule has 74 valence electrons. The first kappa shape index (κ1) is 10.2. The predicted octanol–water partition coefficient (Wildman–Crippen LogP) is 0.889. The Hall–Kier alpha value is -0.870. The van der Waals surface area contributed by atoms with Gasteiger partial charge in [0.15, 0.2) is 0 Å². The van der Waals surface area contributed by atoms with E-state index in [2.05, 4.69) is 31.3 Å². The van der Waals surface area contributed by atoms with Gasteiger partial charge in [-0.3, -0.25) is 16.0 Å². The van der Waals surface area contributed by atoms with E-state index in [1.807, 2.05) is 17.9 Å². The monoisotopic (exact) mass is 182 g/mol. The number of hydrogen-bond acceptors (Lipinski definition) is 3. The number of aromatic nitrogens is 2. The molecule has 0 fully saturated rings. The summed E-state index contributed by atoms with van der Waals surface area (Å²) in [5.41, 5.74) is 5.16. The van der Waals surface area contributed by atoms with Crippen LogP contribution in [0, 0.1) is 12.8 Å². The Labute approximate surface area is 79.1 Å². The second kappa shape index (κ2) is 3.89. The third-order valence-corrected chi connectivity index (χ3v) is 2.45. The van der Waals surface area contributed by atoms with E-state index in [9.17, 15) is 0 Å². The maximum absolute atomic E-state index is 5.50. The molecule has 13 heavy (non-hydrogen) atoms. The summed E-state index contributed by atoms with van der Waals surface area (Å²) >= 11 is 0. The maximum atomic E-state index is 5.50. The van der Waals surface area contributed by atoms with Crippen molar-refractivity contribution in [1.82, 2.24) is 15.2 Å². The van der Waals surface area contributed by atoms with Gasteiger partial charge in [-0.2, -0.15) is 5.10 Å². The van der Waals surface area contributed by atoms with E-state index < -0.39 is 0 Å². The molecule has 1 rings (SSSR count). The van der Waals surface area contributed by atoms with Crippen molar-refractivity contribution < 1.29 is 0 Å². The molecule has 0 aromatic carbocycles. The smallest absolute Gasteiger partial charge is 0.0540 e. The quantitative estimate of drug-likeness (QED) is 0.539. The molecule has 0 spiro atoms. The number of hydrogen-bond donors (Lipinski definition) is 2. The zero-order valence-corrected chi connectivity index (χ0v) is 8.70. The van der Waals surface area contributed by atoms with Crippen molar-refractivity contribution in [3.8, 4) is 0 Å². The highest BCUT2D eigenvalue weighted by atomic mass is 15.3. The van der Waals surface area contributed by atoms with Crippen molar-refractivity contribution in [3.05, 3.63) is 17.5 Å². The molecule has 0 saturated carbocycles. The van der Waals surface area contributed by atoms with Gasteiger partial charge in [-0.05, 0) is 12.8 Å². The molecular formula is C9H18N4. The Kier molecular flexibility index (Phi) is 3.06. The second-order valence-corrected chi connectivity index (χ2v) is 3.70. The van der Waals surface area contributed by atoms with E-state index >= 15 is 0 Å². The van der Waals surface area contributed by atoms with E-state index in [1.54, 1.807) is 0 Å². The summed E-state index contributed by atoms with van der Waals surface area (Å²) < 4.78 is 1.86. The number of rotatable bonds is 3. The topological polar surface area (TPSA) is 55.9 Å². The van der Waals surface area contributed by atoms with E-state index in [1.165, 1.54) is 5.56 Å². The zero-order chi connectivity index (χ0) is 10.0. The standard InChI is InChI=1S/C9H18N4/c1-6(2)9(12-10)8-5-11-13(4)7(8)3/h5-6,9,12H,10H2,1-4H3. The number of nitrogens with one attached hydrogen (secondary N) is 1. The van der Waals surface area contributed by atoms with Gasteiger partial charge in [0.25, 0.3) is 0 Å². The molecule has 4 heteroatoms. The Balaban J connectivity index is 2.98. The Morgan fingerprint density at radius 1 is 1.54 bits per heavy atom. The Morgan fingerprint density at radius 2 is 2.15 bits per heavy atom. The normalized spacial score (nSPS) is 13.7. The third kappa shape index (κ3) is 1.89. The first-order valence-corrected chi connectivity index (χ1v) is 4.52. The van der Waals surface area contributed by atoms with Crippen LogP contribution in [0.1, 0.15) is 31.1 Å². The van der Waals surface area contributed by atoms with Crippen LogP contribution in [0.3, 0.4) is 0 Å². The Bertz CT molecular complexity index is 277. The fraction of sp³-hybridized carbons (Fsp3) is 0.667. The lowest BCUT2D eigenvalue weighted by atomic mass is 9.97. The van der Waals surface area contributed by atoms with Gasteiger partial charge in [0, 0.05) is 18.3 Å². The van der Waals surface area contributed by atoms with Crippen LogP contribution in [0.15, 0.2) is 6.20 Å². The van der Waals surface area contributed by atoms with Crippen molar-refractivity contribution in [1.29, 1.82) is 0 Å². The van der Waals surface area contributed by atoms with Crippen molar-refractivity contribution >= 4 is 0 Å². The molecule has 0 amide bonds. The summed E-state index contributed by atoms with van der Waals surface area (Å²) in [6, 6.07) is 0.189. The van der Waals surface area contributed by atoms with Crippen LogP contribution in [0.25, 0.3) is 0 Å². The maximum Gasteiger partial charge on any atom is 0.0540 e. The number of hydrazine groups is 1. The lowest BCUT2D eigenvalue weighted by molar-refractivity contribution is 0.419. The van der Waals surface area contributed by atoms with Crippen LogP contribution >= 0.6 is 0 Å². The van der Waals surface area contributed by atoms with E-state index in [4.69, 9.17) is 5.84 Å². The number of nitrogens with two attached hydrogens (primary N) is 1. The molecule has 0 aliphatic heterocycles. The minimum absolute atomic E-state index is 0.189. The molecule has 1 unspecified atom stereocenters. The minimum Gasteiger partial charge on any atom is -0.273 e. The van der Waals surface area contributed by atoms with Crippen molar-refractivity contribution in [3.63, 3.8) is 0 Å². The third-order valence-electron chi connectivity index (χ3n) is 2.45. The van der Waals surface area contributed by atoms with Crippen LogP contribution in [0.4, 0.5) is 0 Å². The van der Waals surface area contributed by atoms with Gasteiger partial charge in [-0.1, -0.05) is 13.8 Å². The molecule has 0 aliphatic carbocycles. The van der Waals surface area contributed by atoms with Gasteiger partial charge in [0.05, 0.1) is 12.2 Å². The average molecular weight is 182 g/mol. The molecule has 4 nitrogen and oxygen atoms in total. The van der Waals surface area contributed by atoms with Gasteiger partial charge < -0.3 is 0 Å². The van der Waals surface area contributed by atoms with Crippen LogP contribution in [0.2, 0.25) is 0 Å². The lowest BCUT2D eigenvalue weighted by Crippen LogP contribution is -2.31. The highest BCUT2D eigenvalue weighted by molar-refractivity contribution is 5.20. The van der Waals surface area contributed by atoms with Crippen molar-refractivity contribution in [2.24, 2.45) is 18.8 Å². The molecule has 1 atom stereocenters. The van der Waals surface area contributed by atoms with Gasteiger partial charge in [-0.25, -0.2) is 0 Å². The summed E-state index contributed by atoms with van der Waals surface area (Å²) in [5.74, 6) is 5.96. The fourth-order valence-corrected chi connectivity index (χ4v) is 1.46. The zero-order valence-electron chi connectivity index (χ0n) is 8.70. The van der Waals surface area contributed by atoms with Crippen LogP contribution in [-0.4, -0.2) is 9.78 Å². The fourth-order valence-electron chi connectivity index (χ4n) is 1.46. The first-order chi connectivity index (χ1) is 6.07. The van der Waals surface area contributed by atoms with E-state index in [0.717, 1.165) is 5.69 Å². The summed E-state index contributed by atoms with van der Waals surface area (Å²) in [4.78, 5) is 0. The second-order valence-electron chi connectivity index (χ2n) is 3.70. The molecule has 3 N–H and O–H groups in total. The molecule has 1 aromatic rings. The molecule has 1 heterocycles. The molecule has 1 aromatic heterocycles. The lowest BCUT2D eigenvalue weighted by Gasteiger charge is -2.19. The Morgan fingerprint density at radius 3 is 2.46 bits per heavy atom. The van der Waals surface area contributed by atoms with Gasteiger partial charge in [0.2, 0.25) is 0 Å². The van der Waals surface area contributed by atoms with Crippen molar-refractivity contribution in [2.75, 3.05) is 0 Å². The van der Waals surface area contributed by atoms with E-state index in [-0.39, 0.29) is 6.04 Å². The molecule has 0 radical (unpaired) electrons. The van der Waals surface area contributed by atoms with Crippen LogP contribution in [0.5, 0.6) is 0 Å². The minimum atomic E-state index is 0.189. The van der Waals surface area contributed by atoms with E-state index in [0.29, 0.717) is 5.92 Å². The number of nitrogens with zero attached hydrogens (tertiary/aromatic N) is 2. The first-order valence-electron chi connectivity index (χ1n) is 4.52. The largest absolute Gasteiger partial charge is 0.273 e. The van der Waals surface area contributed by atoms with Gasteiger partial charge >= 0.3 is 0 Å². The molecule has 0 aliphatic rings. The summed E-state index contributed by atoms with van der Waals surface area (Å²) in [6.45, 7) is 6.32. The van der Waals surface area contributed by atoms with Crippen LogP contribution in [-0.2, 0) is 7.05 Å². The van der Waals surface area contributed by atoms with Gasteiger partial charge in [-0.15, -0.1) is 0 Å². The summed E-state index contributed by atoms with van der Waals surface area (Å²) in [5, 5.41) is 4.19. The molecule has 0 saturated heterocycles. The molecular weight excluding hydrogens is 164 g/mol. The number of aryl methyl sites for hydroxylation is 1.